The van der Waals surface area contributed by atoms with E-state index in [1.165, 1.54) is 6.42 Å². The largest absolute Gasteiger partial charge is 0.454 e. The third kappa shape index (κ3) is 6.96. The normalized spacial score (nSPS) is 16.2. The van der Waals surface area contributed by atoms with Crippen molar-refractivity contribution in [1.82, 2.24) is 15.4 Å². The first kappa shape index (κ1) is 23.0. The number of rotatable bonds is 9. The quantitative estimate of drug-likeness (QED) is 0.259. The highest BCUT2D eigenvalue weighted by Crippen LogP contribution is 2.32. The number of nitrogens with zero attached hydrogens (tertiary/aromatic N) is 1. The standard InChI is InChI=1S/C18H28N4O4S.HI/c1-2-19-18(20-8-9-27(23,24)22-12-14-4-3-5-14)21-11-15-6-7-16-17(10-15)26-13-25-16;/h6-7,10,14,22H,2-5,8-9,11-13H2,1H3,(H2,19,20,21);1H. The molecule has 1 fully saturated rings. The second-order valence-electron chi connectivity index (χ2n) is 6.77. The highest BCUT2D eigenvalue weighted by atomic mass is 127. The first-order valence-corrected chi connectivity index (χ1v) is 11.1. The number of sulfonamides is 1. The number of fused-ring (bicyclic) bond motifs is 1. The minimum Gasteiger partial charge on any atom is -0.454 e. The average molecular weight is 524 g/mol. The summed E-state index contributed by atoms with van der Waals surface area (Å²) in [5.74, 6) is 2.59. The van der Waals surface area contributed by atoms with Gasteiger partial charge in [-0.05, 0) is 43.4 Å². The van der Waals surface area contributed by atoms with Gasteiger partial charge in [0.15, 0.2) is 17.5 Å². The van der Waals surface area contributed by atoms with Crippen molar-refractivity contribution in [3.63, 3.8) is 0 Å². The summed E-state index contributed by atoms with van der Waals surface area (Å²) in [6.07, 6.45) is 3.45. The van der Waals surface area contributed by atoms with Gasteiger partial charge in [0.2, 0.25) is 16.8 Å². The van der Waals surface area contributed by atoms with Gasteiger partial charge in [-0.1, -0.05) is 12.5 Å². The molecule has 28 heavy (non-hydrogen) atoms. The van der Waals surface area contributed by atoms with E-state index in [-0.39, 0.29) is 36.5 Å². The molecule has 3 rings (SSSR count). The van der Waals surface area contributed by atoms with E-state index < -0.39 is 10.0 Å². The molecular weight excluding hydrogens is 495 g/mol. The summed E-state index contributed by atoms with van der Waals surface area (Å²) in [6.45, 7) is 4.22. The number of ether oxygens (including phenoxy) is 2. The molecule has 0 spiro atoms. The van der Waals surface area contributed by atoms with Crippen LogP contribution < -0.4 is 24.8 Å². The smallest absolute Gasteiger partial charge is 0.231 e. The number of benzene rings is 1. The van der Waals surface area contributed by atoms with E-state index in [1.807, 2.05) is 25.1 Å². The molecule has 0 atom stereocenters. The Morgan fingerprint density at radius 2 is 2.00 bits per heavy atom. The van der Waals surface area contributed by atoms with Crippen LogP contribution in [0.5, 0.6) is 11.5 Å². The summed E-state index contributed by atoms with van der Waals surface area (Å²) in [7, 11) is -3.26. The van der Waals surface area contributed by atoms with E-state index in [4.69, 9.17) is 9.47 Å². The summed E-state index contributed by atoms with van der Waals surface area (Å²) in [4.78, 5) is 4.51. The molecule has 0 saturated heterocycles. The van der Waals surface area contributed by atoms with Crippen LogP contribution in [0.2, 0.25) is 0 Å². The van der Waals surface area contributed by atoms with Gasteiger partial charge in [-0.25, -0.2) is 18.1 Å². The van der Waals surface area contributed by atoms with Crippen molar-refractivity contribution in [2.75, 3.05) is 32.2 Å². The van der Waals surface area contributed by atoms with Crippen LogP contribution in [-0.2, 0) is 16.6 Å². The zero-order valence-corrected chi connectivity index (χ0v) is 19.2. The van der Waals surface area contributed by atoms with Crippen LogP contribution in [0.25, 0.3) is 0 Å². The van der Waals surface area contributed by atoms with Gasteiger partial charge in [-0.2, -0.15) is 0 Å². The fourth-order valence-corrected chi connectivity index (χ4v) is 3.87. The van der Waals surface area contributed by atoms with E-state index >= 15 is 0 Å². The third-order valence-corrected chi connectivity index (χ3v) is 6.03. The third-order valence-electron chi connectivity index (χ3n) is 4.68. The minimum atomic E-state index is -3.26. The molecule has 2 aliphatic rings. The van der Waals surface area contributed by atoms with E-state index in [2.05, 4.69) is 20.3 Å². The number of nitrogens with one attached hydrogen (secondary N) is 3. The lowest BCUT2D eigenvalue weighted by molar-refractivity contribution is 0.174. The van der Waals surface area contributed by atoms with Crippen LogP contribution >= 0.6 is 24.0 Å². The molecule has 0 radical (unpaired) electrons. The Bertz CT molecular complexity index is 769. The monoisotopic (exact) mass is 524 g/mol. The first-order valence-electron chi connectivity index (χ1n) is 9.44. The van der Waals surface area contributed by atoms with Gasteiger partial charge in [0, 0.05) is 19.6 Å². The zero-order chi connectivity index (χ0) is 19.1. The van der Waals surface area contributed by atoms with Gasteiger partial charge in [0.05, 0.1) is 12.3 Å². The Labute approximate surface area is 183 Å². The van der Waals surface area contributed by atoms with E-state index in [0.29, 0.717) is 38.1 Å². The molecule has 158 valence electrons. The molecule has 3 N–H and O–H groups in total. The number of guanidine groups is 1. The van der Waals surface area contributed by atoms with Gasteiger partial charge >= 0.3 is 0 Å². The van der Waals surface area contributed by atoms with Crippen molar-refractivity contribution in [3.05, 3.63) is 23.8 Å². The van der Waals surface area contributed by atoms with Crippen molar-refractivity contribution in [1.29, 1.82) is 0 Å². The fourth-order valence-electron chi connectivity index (χ4n) is 2.87. The molecule has 1 aromatic rings. The molecule has 8 nitrogen and oxygen atoms in total. The van der Waals surface area contributed by atoms with Crippen LogP contribution in [0, 0.1) is 5.92 Å². The van der Waals surface area contributed by atoms with Crippen molar-refractivity contribution < 1.29 is 17.9 Å². The first-order chi connectivity index (χ1) is 13.1. The maximum atomic E-state index is 12.1. The maximum Gasteiger partial charge on any atom is 0.231 e. The Hall–Kier alpha value is -1.27. The average Bonchev–Trinajstić information content (AvgIpc) is 3.05. The lowest BCUT2D eigenvalue weighted by Gasteiger charge is -2.25. The highest BCUT2D eigenvalue weighted by molar-refractivity contribution is 14.0. The van der Waals surface area contributed by atoms with Crippen LogP contribution in [0.15, 0.2) is 23.2 Å². The summed E-state index contributed by atoms with van der Waals surface area (Å²) >= 11 is 0. The SMILES string of the molecule is CCNC(=NCc1ccc2c(c1)OCO2)NCCS(=O)(=O)NCC1CCC1.I. The van der Waals surface area contributed by atoms with Crippen molar-refractivity contribution >= 4 is 40.0 Å². The number of hydrogen-bond acceptors (Lipinski definition) is 5. The molecule has 1 aliphatic carbocycles. The predicted octanol–water partition coefficient (Wildman–Crippen LogP) is 1.81. The Morgan fingerprint density at radius 1 is 1.21 bits per heavy atom. The molecular formula is C18H29IN4O4S. The van der Waals surface area contributed by atoms with Gasteiger partial charge in [-0.3, -0.25) is 0 Å². The summed E-state index contributed by atoms with van der Waals surface area (Å²) in [6, 6.07) is 5.72. The molecule has 0 bridgehead atoms. The van der Waals surface area contributed by atoms with Crippen LogP contribution in [0.4, 0.5) is 0 Å². The molecule has 10 heteroatoms. The van der Waals surface area contributed by atoms with Crippen molar-refractivity contribution in [2.45, 2.75) is 32.7 Å². The Kier molecular flexibility index (Phi) is 9.09. The molecule has 1 heterocycles. The van der Waals surface area contributed by atoms with Crippen LogP contribution in [-0.4, -0.2) is 46.6 Å². The Balaban J connectivity index is 0.00000280. The van der Waals surface area contributed by atoms with E-state index in [0.717, 1.165) is 29.9 Å². The molecule has 1 saturated carbocycles. The number of halogens is 1. The zero-order valence-electron chi connectivity index (χ0n) is 16.1. The maximum absolute atomic E-state index is 12.1. The minimum absolute atomic E-state index is 0. The molecule has 0 aromatic heterocycles. The number of hydrogen-bond donors (Lipinski definition) is 3. The van der Waals surface area contributed by atoms with E-state index in [1.54, 1.807) is 0 Å². The van der Waals surface area contributed by atoms with Gasteiger partial charge in [0.25, 0.3) is 0 Å². The second kappa shape index (κ2) is 11.1. The van der Waals surface area contributed by atoms with Gasteiger partial charge in [-0.15, -0.1) is 24.0 Å². The van der Waals surface area contributed by atoms with Crippen molar-refractivity contribution in [3.8, 4) is 11.5 Å². The summed E-state index contributed by atoms with van der Waals surface area (Å²) in [5, 5.41) is 6.21. The topological polar surface area (TPSA) is 101 Å². The second-order valence-corrected chi connectivity index (χ2v) is 8.70. The predicted molar refractivity (Wildman–Crippen MR) is 120 cm³/mol. The van der Waals surface area contributed by atoms with Crippen LogP contribution in [0.3, 0.4) is 0 Å². The van der Waals surface area contributed by atoms with E-state index in [9.17, 15) is 8.42 Å². The lowest BCUT2D eigenvalue weighted by atomic mass is 9.86. The number of aliphatic imine (C=N–C) groups is 1. The highest BCUT2D eigenvalue weighted by Gasteiger charge is 2.20. The van der Waals surface area contributed by atoms with Crippen molar-refractivity contribution in [2.24, 2.45) is 10.9 Å². The molecule has 0 amide bonds. The summed E-state index contributed by atoms with van der Waals surface area (Å²) < 4.78 is 37.5. The van der Waals surface area contributed by atoms with Crippen LogP contribution in [0.1, 0.15) is 31.7 Å². The fraction of sp³-hybridized carbons (Fsp3) is 0.611. The molecule has 1 aromatic carbocycles. The van der Waals surface area contributed by atoms with Gasteiger partial charge < -0.3 is 20.1 Å². The van der Waals surface area contributed by atoms with Gasteiger partial charge in [0.1, 0.15) is 0 Å². The Morgan fingerprint density at radius 3 is 2.71 bits per heavy atom. The molecule has 1 aliphatic heterocycles. The summed E-state index contributed by atoms with van der Waals surface area (Å²) in [5.41, 5.74) is 0.992. The molecule has 0 unspecified atom stereocenters. The lowest BCUT2D eigenvalue weighted by Crippen LogP contribution is -2.42.